The van der Waals surface area contributed by atoms with Gasteiger partial charge in [0.15, 0.2) is 11.5 Å². The van der Waals surface area contributed by atoms with Gasteiger partial charge in [0.25, 0.3) is 0 Å². The van der Waals surface area contributed by atoms with E-state index in [-0.39, 0.29) is 0 Å². The maximum Gasteiger partial charge on any atom is 0.163 e. The molecule has 21 heavy (non-hydrogen) atoms. The minimum Gasteiger partial charge on any atom is -0.486 e. The maximum atomic E-state index is 6.19. The first kappa shape index (κ1) is 16.0. The van der Waals surface area contributed by atoms with Gasteiger partial charge < -0.3 is 15.2 Å². The molecule has 0 bridgehead atoms. The molecular formula is C17H28N2O2. The molecule has 4 heteroatoms. The molecule has 0 aromatic heterocycles. The van der Waals surface area contributed by atoms with Crippen molar-refractivity contribution in [2.45, 2.75) is 46.1 Å². The number of hydrogen-bond donors (Lipinski definition) is 1. The second kappa shape index (κ2) is 8.13. The van der Waals surface area contributed by atoms with Crippen LogP contribution in [0.2, 0.25) is 0 Å². The largest absolute Gasteiger partial charge is 0.486 e. The molecule has 0 aliphatic carbocycles. The van der Waals surface area contributed by atoms with Gasteiger partial charge in [-0.3, -0.25) is 4.90 Å². The summed E-state index contributed by atoms with van der Waals surface area (Å²) < 4.78 is 11.2. The zero-order valence-electron chi connectivity index (χ0n) is 13.4. The number of anilines is 1. The summed E-state index contributed by atoms with van der Waals surface area (Å²) >= 11 is 0. The van der Waals surface area contributed by atoms with Crippen LogP contribution in [-0.4, -0.2) is 31.2 Å². The summed E-state index contributed by atoms with van der Waals surface area (Å²) in [6.45, 7) is 8.83. The summed E-state index contributed by atoms with van der Waals surface area (Å²) in [6, 6.07) is 3.95. The molecule has 2 N–H and O–H groups in total. The Morgan fingerprint density at radius 2 is 1.57 bits per heavy atom. The molecule has 0 radical (unpaired) electrons. The predicted octanol–water partition coefficient (Wildman–Crippen LogP) is 3.44. The van der Waals surface area contributed by atoms with Crippen LogP contribution >= 0.6 is 0 Å². The Bertz CT molecular complexity index is 441. The number of ether oxygens (including phenoxy) is 2. The highest BCUT2D eigenvalue weighted by Crippen LogP contribution is 2.34. The lowest BCUT2D eigenvalue weighted by atomic mass is 10.1. The highest BCUT2D eigenvalue weighted by atomic mass is 16.6. The van der Waals surface area contributed by atoms with Crippen LogP contribution in [0.3, 0.4) is 0 Å². The van der Waals surface area contributed by atoms with Gasteiger partial charge in [-0.25, -0.2) is 0 Å². The molecule has 1 aliphatic heterocycles. The third-order valence-corrected chi connectivity index (χ3v) is 3.85. The van der Waals surface area contributed by atoms with Gasteiger partial charge in [-0.1, -0.05) is 26.7 Å². The van der Waals surface area contributed by atoms with Crippen molar-refractivity contribution in [2.75, 3.05) is 32.0 Å². The van der Waals surface area contributed by atoms with E-state index in [9.17, 15) is 0 Å². The molecule has 0 amide bonds. The minimum absolute atomic E-state index is 0.602. The number of nitrogens with two attached hydrogens (primary N) is 1. The second-order valence-corrected chi connectivity index (χ2v) is 5.68. The lowest BCUT2D eigenvalue weighted by Crippen LogP contribution is -2.26. The van der Waals surface area contributed by atoms with Gasteiger partial charge in [-0.2, -0.15) is 0 Å². The van der Waals surface area contributed by atoms with Crippen molar-refractivity contribution in [2.24, 2.45) is 0 Å². The molecule has 2 rings (SSSR count). The van der Waals surface area contributed by atoms with E-state index in [0.29, 0.717) is 13.2 Å². The van der Waals surface area contributed by atoms with Crippen LogP contribution in [0, 0.1) is 0 Å². The molecule has 0 fully saturated rings. The fraction of sp³-hybridized carbons (Fsp3) is 0.647. The number of fused-ring (bicyclic) bond motifs is 1. The summed E-state index contributed by atoms with van der Waals surface area (Å²) in [5.74, 6) is 1.60. The van der Waals surface area contributed by atoms with Crippen molar-refractivity contribution in [3.63, 3.8) is 0 Å². The molecule has 4 nitrogen and oxygen atoms in total. The second-order valence-electron chi connectivity index (χ2n) is 5.68. The molecular weight excluding hydrogens is 264 g/mol. The standard InChI is InChI=1S/C17H28N2O2/c1-3-5-7-19(8-6-4-2)13-14-11-16-17(12-15(14)18)21-10-9-20-16/h11-12H,3-10,13,18H2,1-2H3. The van der Waals surface area contributed by atoms with Gasteiger partial charge in [0.2, 0.25) is 0 Å². The first-order valence-electron chi connectivity index (χ1n) is 8.15. The Balaban J connectivity index is 2.07. The number of unbranched alkanes of at least 4 members (excludes halogenated alkanes) is 2. The predicted molar refractivity (Wildman–Crippen MR) is 86.9 cm³/mol. The molecule has 0 spiro atoms. The Hall–Kier alpha value is -1.42. The summed E-state index contributed by atoms with van der Waals surface area (Å²) in [6.07, 6.45) is 4.90. The van der Waals surface area contributed by atoms with Crippen molar-refractivity contribution in [1.82, 2.24) is 4.90 Å². The van der Waals surface area contributed by atoms with Crippen LogP contribution in [-0.2, 0) is 6.54 Å². The number of nitrogens with zero attached hydrogens (tertiary/aromatic N) is 1. The lowest BCUT2D eigenvalue weighted by molar-refractivity contribution is 0.171. The topological polar surface area (TPSA) is 47.7 Å². The van der Waals surface area contributed by atoms with Crippen molar-refractivity contribution in [3.05, 3.63) is 17.7 Å². The molecule has 0 unspecified atom stereocenters. The van der Waals surface area contributed by atoms with Crippen LogP contribution in [0.1, 0.15) is 45.1 Å². The summed E-state index contributed by atoms with van der Waals surface area (Å²) in [4.78, 5) is 2.49. The summed E-state index contributed by atoms with van der Waals surface area (Å²) in [7, 11) is 0. The Kier molecular flexibility index (Phi) is 6.18. The summed E-state index contributed by atoms with van der Waals surface area (Å²) in [5, 5.41) is 0. The van der Waals surface area contributed by atoms with E-state index >= 15 is 0 Å². The molecule has 0 atom stereocenters. The van der Waals surface area contributed by atoms with Crippen LogP contribution < -0.4 is 15.2 Å². The first-order chi connectivity index (χ1) is 10.2. The third-order valence-electron chi connectivity index (χ3n) is 3.85. The van der Waals surface area contributed by atoms with Crippen molar-refractivity contribution >= 4 is 5.69 Å². The fourth-order valence-electron chi connectivity index (χ4n) is 2.56. The van der Waals surface area contributed by atoms with E-state index in [0.717, 1.165) is 42.4 Å². The van der Waals surface area contributed by atoms with Gasteiger partial charge >= 0.3 is 0 Å². The van der Waals surface area contributed by atoms with Crippen molar-refractivity contribution in [1.29, 1.82) is 0 Å². The molecule has 1 heterocycles. The fourth-order valence-corrected chi connectivity index (χ4v) is 2.56. The zero-order valence-corrected chi connectivity index (χ0v) is 13.4. The molecule has 0 saturated heterocycles. The van der Waals surface area contributed by atoms with Crippen LogP contribution in [0.5, 0.6) is 11.5 Å². The first-order valence-corrected chi connectivity index (χ1v) is 8.15. The van der Waals surface area contributed by atoms with Crippen LogP contribution in [0.25, 0.3) is 0 Å². The van der Waals surface area contributed by atoms with Gasteiger partial charge in [-0.05, 0) is 37.6 Å². The lowest BCUT2D eigenvalue weighted by Gasteiger charge is -2.25. The molecule has 0 saturated carbocycles. The van der Waals surface area contributed by atoms with E-state index in [1.807, 2.05) is 6.07 Å². The highest BCUT2D eigenvalue weighted by Gasteiger charge is 2.16. The van der Waals surface area contributed by atoms with E-state index in [1.54, 1.807) is 0 Å². The SMILES string of the molecule is CCCCN(CCCC)Cc1cc2c(cc1N)OCCO2. The highest BCUT2D eigenvalue weighted by molar-refractivity contribution is 5.58. The molecule has 1 aromatic carbocycles. The average molecular weight is 292 g/mol. The summed E-state index contributed by atoms with van der Waals surface area (Å²) in [5.41, 5.74) is 8.14. The number of nitrogen functional groups attached to an aromatic ring is 1. The van der Waals surface area contributed by atoms with Gasteiger partial charge in [-0.15, -0.1) is 0 Å². The van der Waals surface area contributed by atoms with E-state index in [4.69, 9.17) is 15.2 Å². The monoisotopic (exact) mass is 292 g/mol. The van der Waals surface area contributed by atoms with E-state index < -0.39 is 0 Å². The number of rotatable bonds is 8. The molecule has 118 valence electrons. The molecule has 1 aromatic rings. The molecule has 1 aliphatic rings. The van der Waals surface area contributed by atoms with E-state index in [2.05, 4.69) is 24.8 Å². The van der Waals surface area contributed by atoms with Crippen molar-refractivity contribution < 1.29 is 9.47 Å². The van der Waals surface area contributed by atoms with Crippen molar-refractivity contribution in [3.8, 4) is 11.5 Å². The maximum absolute atomic E-state index is 6.19. The average Bonchev–Trinajstić information content (AvgIpc) is 2.50. The number of hydrogen-bond acceptors (Lipinski definition) is 4. The Labute approximate surface area is 128 Å². The smallest absolute Gasteiger partial charge is 0.163 e. The minimum atomic E-state index is 0.602. The van der Waals surface area contributed by atoms with Crippen LogP contribution in [0.15, 0.2) is 12.1 Å². The normalized spacial score (nSPS) is 13.7. The Morgan fingerprint density at radius 3 is 2.14 bits per heavy atom. The third kappa shape index (κ3) is 4.53. The van der Waals surface area contributed by atoms with Gasteiger partial charge in [0, 0.05) is 18.3 Å². The Morgan fingerprint density at radius 1 is 1.00 bits per heavy atom. The zero-order chi connectivity index (χ0) is 15.1. The quantitative estimate of drug-likeness (QED) is 0.746. The van der Waals surface area contributed by atoms with E-state index in [1.165, 1.54) is 25.7 Å². The van der Waals surface area contributed by atoms with Gasteiger partial charge in [0.05, 0.1) is 0 Å². The van der Waals surface area contributed by atoms with Gasteiger partial charge in [0.1, 0.15) is 13.2 Å². The van der Waals surface area contributed by atoms with Crippen LogP contribution in [0.4, 0.5) is 5.69 Å². The number of benzene rings is 1.